The molecule has 2 N–H and O–H groups in total. The number of halogens is 3. The number of carbonyl (C=O) groups is 2. The number of pyridine rings is 1. The van der Waals surface area contributed by atoms with E-state index in [4.69, 9.17) is 9.47 Å². The Balaban J connectivity index is 1.55. The molecule has 0 radical (unpaired) electrons. The lowest BCUT2D eigenvalue weighted by molar-refractivity contribution is -0.153. The Morgan fingerprint density at radius 3 is 2.76 bits per heavy atom. The van der Waals surface area contributed by atoms with Crippen molar-refractivity contribution in [3.8, 4) is 17.3 Å². The number of nitrogens with zero attached hydrogens (tertiary/aromatic N) is 4. The van der Waals surface area contributed by atoms with Gasteiger partial charge in [-0.25, -0.2) is 13.4 Å². The summed E-state index contributed by atoms with van der Waals surface area (Å²) in [7, 11) is -2.08. The Morgan fingerprint density at radius 2 is 2.10 bits per heavy atom. The molecule has 5 rings (SSSR count). The van der Waals surface area contributed by atoms with Crippen molar-refractivity contribution in [3.63, 3.8) is 0 Å². The number of carbonyl (C=O) groups excluding carboxylic acids is 2. The predicted molar refractivity (Wildman–Crippen MR) is 144 cm³/mol. The molecule has 1 aromatic carbocycles. The van der Waals surface area contributed by atoms with Crippen molar-refractivity contribution in [1.82, 2.24) is 20.1 Å². The van der Waals surface area contributed by atoms with Crippen LogP contribution in [0, 0.1) is 0 Å². The molecule has 2 aliphatic heterocycles. The minimum absolute atomic E-state index is 0.0293. The third kappa shape index (κ3) is 6.07. The number of sulfone groups is 1. The Hall–Kier alpha value is -4.47. The van der Waals surface area contributed by atoms with Gasteiger partial charge in [-0.05, 0) is 24.3 Å². The largest absolute Gasteiger partial charge is 0.493 e. The van der Waals surface area contributed by atoms with Crippen LogP contribution in [0.4, 0.5) is 19.0 Å². The number of hydrogen-bond acceptors (Lipinski definition) is 9. The van der Waals surface area contributed by atoms with Gasteiger partial charge in [-0.1, -0.05) is 0 Å². The van der Waals surface area contributed by atoms with Gasteiger partial charge in [0.2, 0.25) is 5.91 Å². The zero-order valence-corrected chi connectivity index (χ0v) is 23.2. The number of fused-ring (bicyclic) bond motifs is 3. The molecule has 2 aromatic heterocycles. The molecule has 0 aliphatic carbocycles. The first kappa shape index (κ1) is 29.0. The van der Waals surface area contributed by atoms with Crippen molar-refractivity contribution in [2.75, 3.05) is 37.6 Å². The van der Waals surface area contributed by atoms with Crippen LogP contribution in [-0.4, -0.2) is 79.7 Å². The van der Waals surface area contributed by atoms with Crippen LogP contribution in [0.2, 0.25) is 0 Å². The van der Waals surface area contributed by atoms with Crippen LogP contribution in [0.1, 0.15) is 33.6 Å². The van der Waals surface area contributed by atoms with Crippen LogP contribution in [0.5, 0.6) is 11.5 Å². The number of aliphatic imine (C=N–C) groups is 1. The van der Waals surface area contributed by atoms with Crippen molar-refractivity contribution < 1.29 is 40.7 Å². The molecular formula is C26H25F3N6O6S. The topological polar surface area (TPSA) is 154 Å². The van der Waals surface area contributed by atoms with Crippen LogP contribution < -0.4 is 20.1 Å². The zero-order valence-electron chi connectivity index (χ0n) is 22.4. The quantitative estimate of drug-likeness (QED) is 0.388. The van der Waals surface area contributed by atoms with Crippen molar-refractivity contribution >= 4 is 33.7 Å². The molecule has 12 nitrogen and oxygen atoms in total. The molecule has 2 amide bonds. The third-order valence-corrected chi connectivity index (χ3v) is 7.37. The Bertz CT molecular complexity index is 1690. The Morgan fingerprint density at radius 1 is 1.31 bits per heavy atom. The normalized spacial score (nSPS) is 18.3. The van der Waals surface area contributed by atoms with Gasteiger partial charge in [0.05, 0.1) is 17.8 Å². The Kier molecular flexibility index (Phi) is 7.42. The summed E-state index contributed by atoms with van der Waals surface area (Å²) in [6.07, 6.45) is -0.0558. The van der Waals surface area contributed by atoms with E-state index < -0.39 is 45.7 Å². The van der Waals surface area contributed by atoms with Gasteiger partial charge in [-0.15, -0.1) is 0 Å². The van der Waals surface area contributed by atoms with E-state index in [2.05, 4.69) is 25.7 Å². The number of nitrogens with one attached hydrogen (secondary N) is 2. The highest BCUT2D eigenvalue weighted by molar-refractivity contribution is 7.91. The molecule has 0 saturated heterocycles. The number of rotatable bonds is 7. The molecule has 1 atom stereocenters. The smallest absolute Gasteiger partial charge is 0.422 e. The summed E-state index contributed by atoms with van der Waals surface area (Å²) < 4.78 is 73.2. The lowest BCUT2D eigenvalue weighted by atomic mass is 9.77. The fourth-order valence-electron chi connectivity index (χ4n) is 4.93. The molecule has 1 spiro atoms. The van der Waals surface area contributed by atoms with Gasteiger partial charge < -0.3 is 20.1 Å². The first-order valence-electron chi connectivity index (χ1n) is 12.5. The van der Waals surface area contributed by atoms with Gasteiger partial charge in [-0.2, -0.15) is 23.0 Å². The van der Waals surface area contributed by atoms with Crippen molar-refractivity contribution in [3.05, 3.63) is 58.9 Å². The third-order valence-electron chi connectivity index (χ3n) is 6.58. The lowest BCUT2D eigenvalue weighted by Crippen LogP contribution is -2.53. The molecule has 222 valence electrons. The zero-order chi connectivity index (χ0) is 30.3. The minimum atomic E-state index is -4.52. The number of anilines is 1. The van der Waals surface area contributed by atoms with Crippen LogP contribution >= 0.6 is 0 Å². The second kappa shape index (κ2) is 10.7. The summed E-state index contributed by atoms with van der Waals surface area (Å²) in [5, 5.41) is 10.1. The molecular weight excluding hydrogens is 581 g/mol. The molecule has 16 heteroatoms. The first-order valence-corrected chi connectivity index (χ1v) is 14.6. The number of alkyl halides is 3. The van der Waals surface area contributed by atoms with Gasteiger partial charge in [0.1, 0.15) is 22.8 Å². The maximum absolute atomic E-state index is 13.7. The summed E-state index contributed by atoms with van der Waals surface area (Å²) in [4.78, 5) is 34.6. The van der Waals surface area contributed by atoms with Gasteiger partial charge in [-0.3, -0.25) is 14.6 Å². The van der Waals surface area contributed by atoms with Crippen LogP contribution in [0.3, 0.4) is 0 Å². The maximum Gasteiger partial charge on any atom is 0.422 e. The first-order chi connectivity index (χ1) is 19.8. The molecule has 0 saturated carbocycles. The molecule has 4 heterocycles. The predicted octanol–water partition coefficient (Wildman–Crippen LogP) is 2.20. The molecule has 2 aliphatic rings. The summed E-state index contributed by atoms with van der Waals surface area (Å²) >= 11 is 0. The van der Waals surface area contributed by atoms with Crippen molar-refractivity contribution in [2.24, 2.45) is 4.99 Å². The average molecular weight is 607 g/mol. The van der Waals surface area contributed by atoms with Gasteiger partial charge in [0.15, 0.2) is 28.1 Å². The number of amides is 2. The van der Waals surface area contributed by atoms with E-state index >= 15 is 0 Å². The molecule has 0 bridgehead atoms. The number of benzene rings is 1. The van der Waals surface area contributed by atoms with E-state index in [-0.39, 0.29) is 41.7 Å². The SMILES string of the molecule is C/N=C/c1ccc(-n2nc3c(c2NC(=O)CS(C)(=O)=O)C(=O)N[C@]2(CCOc4cc(OCC(F)(F)F)ccc42)C3)nc1. The second-order valence-electron chi connectivity index (χ2n) is 9.91. The van der Waals surface area contributed by atoms with E-state index in [0.29, 0.717) is 23.2 Å². The molecule has 3 aromatic rings. The van der Waals surface area contributed by atoms with E-state index in [1.807, 2.05) is 0 Å². The van der Waals surface area contributed by atoms with E-state index in [1.54, 1.807) is 25.4 Å². The van der Waals surface area contributed by atoms with Gasteiger partial charge in [0, 0.05) is 55.7 Å². The van der Waals surface area contributed by atoms with E-state index in [1.165, 1.54) is 29.1 Å². The Labute approximate surface area is 237 Å². The van der Waals surface area contributed by atoms with Crippen LogP contribution in [0.15, 0.2) is 41.5 Å². The highest BCUT2D eigenvalue weighted by Crippen LogP contribution is 2.44. The maximum atomic E-state index is 13.7. The molecule has 42 heavy (non-hydrogen) atoms. The van der Waals surface area contributed by atoms with Crippen LogP contribution in [0.25, 0.3) is 5.82 Å². The van der Waals surface area contributed by atoms with E-state index in [0.717, 1.165) is 6.26 Å². The number of ether oxygens (including phenoxy) is 2. The fourth-order valence-corrected chi connectivity index (χ4v) is 5.48. The highest BCUT2D eigenvalue weighted by Gasteiger charge is 2.46. The second-order valence-corrected chi connectivity index (χ2v) is 12.1. The standard InChI is InChI=1S/C26H25F3N6O6S/c1-30-11-15-3-6-20(31-12-15)35-23(32-21(36)13-42(2,38)39)22-18(34-35)10-25(33-24(22)37)7-8-40-19-9-16(4-5-17(19)25)41-14-26(27,28)29/h3-6,9,11-12H,7-8,10,13-14H2,1-2H3,(H,32,36)(H,33,37)/b30-11+/t25-/m1/s1. The monoisotopic (exact) mass is 606 g/mol. The number of aromatic nitrogens is 3. The van der Waals surface area contributed by atoms with Gasteiger partial charge in [0.25, 0.3) is 5.91 Å². The van der Waals surface area contributed by atoms with Crippen molar-refractivity contribution in [2.45, 2.75) is 24.6 Å². The van der Waals surface area contributed by atoms with Crippen molar-refractivity contribution in [1.29, 1.82) is 0 Å². The highest BCUT2D eigenvalue weighted by atomic mass is 32.2. The minimum Gasteiger partial charge on any atom is -0.493 e. The summed E-state index contributed by atoms with van der Waals surface area (Å²) in [5.41, 5.74) is 0.504. The summed E-state index contributed by atoms with van der Waals surface area (Å²) in [5.74, 6) is -1.90. The molecule has 0 unspecified atom stereocenters. The fraction of sp³-hybridized carbons (Fsp3) is 0.346. The number of hydrogen-bond donors (Lipinski definition) is 2. The van der Waals surface area contributed by atoms with E-state index in [9.17, 15) is 31.2 Å². The average Bonchev–Trinajstić information content (AvgIpc) is 3.24. The summed E-state index contributed by atoms with van der Waals surface area (Å²) in [6, 6.07) is 7.54. The molecule has 0 fully saturated rings. The summed E-state index contributed by atoms with van der Waals surface area (Å²) in [6.45, 7) is -1.32. The van der Waals surface area contributed by atoms with Crippen LogP contribution in [-0.2, 0) is 26.6 Å². The lowest BCUT2D eigenvalue weighted by Gasteiger charge is -2.41. The van der Waals surface area contributed by atoms with Gasteiger partial charge >= 0.3 is 6.18 Å².